The monoisotopic (exact) mass is 555 g/mol. The van der Waals surface area contributed by atoms with E-state index in [2.05, 4.69) is 10.6 Å². The van der Waals surface area contributed by atoms with Crippen LogP contribution in [0.3, 0.4) is 0 Å². The van der Waals surface area contributed by atoms with Crippen LogP contribution in [0.25, 0.3) is 0 Å². The average molecular weight is 556 g/mol. The summed E-state index contributed by atoms with van der Waals surface area (Å²) in [5, 5.41) is 16.9. The molecule has 2 heterocycles. The Morgan fingerprint density at radius 3 is 2.46 bits per heavy atom. The van der Waals surface area contributed by atoms with Gasteiger partial charge in [-0.15, -0.1) is 0 Å². The lowest BCUT2D eigenvalue weighted by Gasteiger charge is -2.36. The molecule has 4 amide bonds. The third-order valence-corrected chi connectivity index (χ3v) is 8.86. The number of piperidine rings is 2. The molecule has 2 saturated heterocycles. The number of amides is 4. The first-order chi connectivity index (χ1) is 18.1. The summed E-state index contributed by atoms with van der Waals surface area (Å²) in [7, 11) is 0. The van der Waals surface area contributed by atoms with Crippen molar-refractivity contribution < 1.29 is 37.1 Å². The van der Waals surface area contributed by atoms with E-state index in [-0.39, 0.29) is 36.1 Å². The minimum atomic E-state index is -5.21. The van der Waals surface area contributed by atoms with E-state index in [4.69, 9.17) is 4.74 Å². The number of alkyl halides is 3. The van der Waals surface area contributed by atoms with Gasteiger partial charge in [-0.05, 0) is 63.2 Å². The lowest BCUT2D eigenvalue weighted by atomic mass is 9.91. The van der Waals surface area contributed by atoms with Gasteiger partial charge in [0.15, 0.2) is 0 Å². The number of nitriles is 1. The fraction of sp³-hybridized carbons (Fsp3) is 0.808. The van der Waals surface area contributed by atoms with Crippen LogP contribution in [0.2, 0.25) is 0 Å². The van der Waals surface area contributed by atoms with Gasteiger partial charge in [0.2, 0.25) is 17.7 Å². The van der Waals surface area contributed by atoms with E-state index < -0.39 is 59.6 Å². The number of hydrogen-bond acceptors (Lipinski definition) is 6. The number of nitrogens with zero attached hydrogens (tertiary/aromatic N) is 2. The number of ether oxygens (including phenoxy) is 1. The molecule has 4 aliphatic rings. The Labute approximate surface area is 225 Å². The molecular formula is C26H36F3N5O5. The van der Waals surface area contributed by atoms with E-state index in [1.54, 1.807) is 12.2 Å². The van der Waals surface area contributed by atoms with Gasteiger partial charge in [0.25, 0.3) is 0 Å². The van der Waals surface area contributed by atoms with Gasteiger partial charge in [0.05, 0.1) is 17.8 Å². The fourth-order valence-electron chi connectivity index (χ4n) is 6.15. The first-order valence-electron chi connectivity index (χ1n) is 13.4. The summed E-state index contributed by atoms with van der Waals surface area (Å²) in [6.45, 7) is 7.78. The number of carbonyl (C=O) groups is 4. The van der Waals surface area contributed by atoms with Gasteiger partial charge >= 0.3 is 12.1 Å². The van der Waals surface area contributed by atoms with Crippen molar-refractivity contribution in [3.63, 3.8) is 0 Å². The molecule has 4 fully saturated rings. The van der Waals surface area contributed by atoms with Gasteiger partial charge in [-0.1, -0.05) is 13.8 Å². The molecule has 0 bridgehead atoms. The van der Waals surface area contributed by atoms with Gasteiger partial charge in [0.1, 0.15) is 18.1 Å². The average Bonchev–Trinajstić information content (AvgIpc) is 3.61. The minimum Gasteiger partial charge on any atom is -0.370 e. The Bertz CT molecular complexity index is 1070. The van der Waals surface area contributed by atoms with Crippen LogP contribution in [0.1, 0.15) is 59.8 Å². The van der Waals surface area contributed by atoms with Crippen LogP contribution in [-0.2, 0) is 23.9 Å². The molecule has 2 saturated carbocycles. The van der Waals surface area contributed by atoms with E-state index >= 15 is 0 Å². The molecule has 0 spiro atoms. The standard InChI is InChI=1S/C26H36F3N5O5/c1-13(39-25(4)7-8-25)18(33-23(38)26(27,28)29)22(37)34-12-16-17(24(16,2)3)19(34)21(36)32-15(11-30)10-14-6-5-9-31-20(14)35/h13-19H,5-10,12H2,1-4H3,(H,31,35)(H,32,36)(H,33,38)/t13-,14+,15+,16+,17+,18+,19+/m1/s1. The molecule has 7 atom stereocenters. The largest absolute Gasteiger partial charge is 0.471 e. The highest BCUT2D eigenvalue weighted by molar-refractivity contribution is 5.95. The van der Waals surface area contributed by atoms with Crippen molar-refractivity contribution in [2.75, 3.05) is 13.1 Å². The topological polar surface area (TPSA) is 141 Å². The predicted octanol–water partition coefficient (Wildman–Crippen LogP) is 1.40. The van der Waals surface area contributed by atoms with Crippen LogP contribution >= 0.6 is 0 Å². The summed E-state index contributed by atoms with van der Waals surface area (Å²) in [5.74, 6) is -4.66. The maximum absolute atomic E-state index is 13.7. The van der Waals surface area contributed by atoms with Crippen LogP contribution in [0.4, 0.5) is 13.2 Å². The van der Waals surface area contributed by atoms with Gasteiger partial charge < -0.3 is 25.6 Å². The smallest absolute Gasteiger partial charge is 0.370 e. The number of hydrogen-bond donors (Lipinski definition) is 3. The fourth-order valence-corrected chi connectivity index (χ4v) is 6.15. The van der Waals surface area contributed by atoms with E-state index in [1.165, 1.54) is 11.8 Å². The van der Waals surface area contributed by atoms with Crippen molar-refractivity contribution in [1.29, 1.82) is 5.26 Å². The normalized spacial score (nSPS) is 30.6. The maximum Gasteiger partial charge on any atom is 0.471 e. The second kappa shape index (κ2) is 10.3. The number of carbonyl (C=O) groups excluding carboxylic acids is 4. The Morgan fingerprint density at radius 1 is 1.23 bits per heavy atom. The van der Waals surface area contributed by atoms with Crippen molar-refractivity contribution in [2.45, 2.75) is 95.8 Å². The second-order valence-corrected chi connectivity index (χ2v) is 12.2. The van der Waals surface area contributed by atoms with Crippen molar-refractivity contribution in [3.8, 4) is 6.07 Å². The summed E-state index contributed by atoms with van der Waals surface area (Å²) < 4.78 is 45.3. The lowest BCUT2D eigenvalue weighted by molar-refractivity contribution is -0.177. The molecule has 0 radical (unpaired) electrons. The zero-order valence-electron chi connectivity index (χ0n) is 22.6. The second-order valence-electron chi connectivity index (χ2n) is 12.2. The molecule has 2 aliphatic heterocycles. The van der Waals surface area contributed by atoms with Crippen LogP contribution in [0.15, 0.2) is 0 Å². The van der Waals surface area contributed by atoms with Crippen LogP contribution in [0, 0.1) is 34.5 Å². The molecule has 0 aromatic heterocycles. The molecule has 4 rings (SSSR count). The third-order valence-electron chi connectivity index (χ3n) is 8.86. The Hall–Kier alpha value is -2.88. The molecule has 39 heavy (non-hydrogen) atoms. The van der Waals surface area contributed by atoms with Crippen LogP contribution in [0.5, 0.6) is 0 Å². The Balaban J connectivity index is 1.53. The van der Waals surface area contributed by atoms with Crippen molar-refractivity contribution in [2.24, 2.45) is 23.2 Å². The van der Waals surface area contributed by atoms with Crippen molar-refractivity contribution >= 4 is 23.6 Å². The predicted molar refractivity (Wildman–Crippen MR) is 130 cm³/mol. The summed E-state index contributed by atoms with van der Waals surface area (Å²) in [5.41, 5.74) is -0.878. The molecule has 13 heteroatoms. The van der Waals surface area contributed by atoms with E-state index in [9.17, 15) is 37.6 Å². The van der Waals surface area contributed by atoms with Crippen LogP contribution in [-0.4, -0.2) is 77.6 Å². The molecule has 0 unspecified atom stereocenters. The SMILES string of the molecule is C[C@@H](OC1(C)CC1)[C@H](NC(=O)C(F)(F)F)C(=O)N1C[C@H]2[C@@H]([C@H]1C(=O)N[C@H](C#N)C[C@@H]1CCCNC1=O)C2(C)C. The highest BCUT2D eigenvalue weighted by Gasteiger charge is 2.70. The molecular weight excluding hydrogens is 519 g/mol. The quantitative estimate of drug-likeness (QED) is 0.393. The third kappa shape index (κ3) is 6.00. The summed E-state index contributed by atoms with van der Waals surface area (Å²) >= 11 is 0. The Morgan fingerprint density at radius 2 is 1.90 bits per heavy atom. The Kier molecular flexibility index (Phi) is 7.66. The number of halogens is 3. The molecule has 10 nitrogen and oxygen atoms in total. The summed E-state index contributed by atoms with van der Waals surface area (Å²) in [4.78, 5) is 52.5. The minimum absolute atomic E-state index is 0.0713. The number of fused-ring (bicyclic) bond motifs is 1. The maximum atomic E-state index is 13.7. The molecule has 216 valence electrons. The van der Waals surface area contributed by atoms with Crippen molar-refractivity contribution in [3.05, 3.63) is 0 Å². The molecule has 2 aliphatic carbocycles. The van der Waals surface area contributed by atoms with Crippen LogP contribution < -0.4 is 16.0 Å². The van der Waals surface area contributed by atoms with Gasteiger partial charge in [-0.3, -0.25) is 19.2 Å². The highest BCUT2D eigenvalue weighted by Crippen LogP contribution is 2.65. The van der Waals surface area contributed by atoms with E-state index in [1.807, 2.05) is 19.9 Å². The van der Waals surface area contributed by atoms with E-state index in [0.717, 1.165) is 6.42 Å². The zero-order chi connectivity index (χ0) is 28.9. The van der Waals surface area contributed by atoms with Gasteiger partial charge in [-0.2, -0.15) is 18.4 Å². The number of rotatable bonds is 9. The first kappa shape index (κ1) is 29.1. The molecule has 0 aromatic rings. The summed E-state index contributed by atoms with van der Waals surface area (Å²) in [6, 6.07) is -1.67. The van der Waals surface area contributed by atoms with Gasteiger partial charge in [0, 0.05) is 19.0 Å². The first-order valence-corrected chi connectivity index (χ1v) is 13.4. The molecule has 3 N–H and O–H groups in total. The summed E-state index contributed by atoms with van der Waals surface area (Å²) in [6.07, 6.45) is -3.49. The zero-order valence-corrected chi connectivity index (χ0v) is 22.6. The van der Waals surface area contributed by atoms with Crippen molar-refractivity contribution in [1.82, 2.24) is 20.9 Å². The van der Waals surface area contributed by atoms with E-state index in [0.29, 0.717) is 25.8 Å². The van der Waals surface area contributed by atoms with Gasteiger partial charge in [-0.25, -0.2) is 0 Å². The lowest BCUT2D eigenvalue weighted by Crippen LogP contribution is -2.61. The highest BCUT2D eigenvalue weighted by atomic mass is 19.4. The molecule has 0 aromatic carbocycles. The number of likely N-dealkylation sites (tertiary alicyclic amines) is 1. The number of nitrogens with one attached hydrogen (secondary N) is 3.